The number of aromatic nitrogens is 4. The second-order valence-electron chi connectivity index (χ2n) is 7.23. The monoisotopic (exact) mass is 384 g/mol. The minimum absolute atomic E-state index is 0.00120. The minimum Gasteiger partial charge on any atom is -0.337 e. The highest BCUT2D eigenvalue weighted by molar-refractivity contribution is 5.94. The Morgan fingerprint density at radius 3 is 2.70 bits per heavy atom. The van der Waals surface area contributed by atoms with Crippen LogP contribution in [0.5, 0.6) is 0 Å². The molecular formula is C17H21F3N5O2+. The first-order valence-corrected chi connectivity index (χ1v) is 8.45. The summed E-state index contributed by atoms with van der Waals surface area (Å²) in [5.74, 6) is -0.180. The van der Waals surface area contributed by atoms with Gasteiger partial charge in [-0.15, -0.1) is 0 Å². The maximum Gasteiger partial charge on any atom is 0.410 e. The van der Waals surface area contributed by atoms with Crippen LogP contribution in [0, 0.1) is 5.92 Å². The lowest BCUT2D eigenvalue weighted by Crippen LogP contribution is -2.54. The van der Waals surface area contributed by atoms with Crippen molar-refractivity contribution < 1.29 is 27.5 Å². The van der Waals surface area contributed by atoms with E-state index < -0.39 is 17.6 Å². The maximum absolute atomic E-state index is 13.1. The van der Waals surface area contributed by atoms with Crippen LogP contribution >= 0.6 is 0 Å². The van der Waals surface area contributed by atoms with Gasteiger partial charge in [-0.25, -0.2) is 9.67 Å². The number of alkyl halides is 3. The number of hydrogen-bond donors (Lipinski definition) is 1. The summed E-state index contributed by atoms with van der Waals surface area (Å²) in [6, 6.07) is 0. The first kappa shape index (κ1) is 19.1. The molecule has 0 aliphatic heterocycles. The number of fused-ring (bicyclic) bond motifs is 1. The molecule has 1 unspecified atom stereocenters. The molecule has 0 radical (unpaired) electrons. The molecule has 7 nitrogen and oxygen atoms in total. The summed E-state index contributed by atoms with van der Waals surface area (Å²) in [5, 5.41) is 6.34. The van der Waals surface area contributed by atoms with Gasteiger partial charge in [0, 0.05) is 10.3 Å². The lowest BCUT2D eigenvalue weighted by atomic mass is 10.0. The van der Waals surface area contributed by atoms with Gasteiger partial charge in [-0.05, 0) is 32.6 Å². The summed E-state index contributed by atoms with van der Waals surface area (Å²) in [6.45, 7) is 3.86. The standard InChI is InChI=1S/C17H20F3N5O2/c1-10-7-11-12(8-10)25(13-9-24(27-4)6-5-21-13)23-14(11)15(26)22-16(2,3)17(18,19)20/h5-6,9-10H,7-8H2,1-4H3/p+1. The number of carbonyl (C=O) groups excluding carboxylic acids is 1. The van der Waals surface area contributed by atoms with Crippen LogP contribution in [-0.4, -0.2) is 39.5 Å². The Bertz CT molecular complexity index is 876. The summed E-state index contributed by atoms with van der Waals surface area (Å²) in [7, 11) is 1.48. The molecule has 1 aliphatic carbocycles. The molecule has 0 saturated heterocycles. The molecule has 0 fully saturated rings. The molecule has 3 rings (SSSR count). The van der Waals surface area contributed by atoms with E-state index in [0.717, 1.165) is 19.5 Å². The minimum atomic E-state index is -4.58. The van der Waals surface area contributed by atoms with Crippen LogP contribution in [0.25, 0.3) is 5.82 Å². The first-order valence-electron chi connectivity index (χ1n) is 8.45. The van der Waals surface area contributed by atoms with E-state index in [2.05, 4.69) is 15.4 Å². The first-order chi connectivity index (χ1) is 12.5. The number of halogens is 3. The third-order valence-corrected chi connectivity index (χ3v) is 4.62. The molecule has 146 valence electrons. The lowest BCUT2D eigenvalue weighted by Gasteiger charge is -2.28. The van der Waals surface area contributed by atoms with E-state index in [1.54, 1.807) is 12.4 Å². The van der Waals surface area contributed by atoms with Gasteiger partial charge in [-0.2, -0.15) is 18.3 Å². The molecule has 2 heterocycles. The Kier molecular flexibility index (Phi) is 4.61. The Morgan fingerprint density at radius 2 is 2.07 bits per heavy atom. The number of nitrogens with zero attached hydrogens (tertiary/aromatic N) is 4. The predicted molar refractivity (Wildman–Crippen MR) is 88.2 cm³/mol. The van der Waals surface area contributed by atoms with Crippen LogP contribution in [0.3, 0.4) is 0 Å². The molecule has 1 amide bonds. The zero-order valence-corrected chi connectivity index (χ0v) is 15.5. The van der Waals surface area contributed by atoms with Crippen molar-refractivity contribution in [2.45, 2.75) is 45.3 Å². The van der Waals surface area contributed by atoms with Gasteiger partial charge in [0.2, 0.25) is 12.0 Å². The number of carbonyl (C=O) groups is 1. The average molecular weight is 384 g/mol. The Morgan fingerprint density at radius 1 is 1.37 bits per heavy atom. The molecule has 1 N–H and O–H groups in total. The number of hydrogen-bond acceptors (Lipinski definition) is 4. The molecule has 0 bridgehead atoms. The van der Waals surface area contributed by atoms with E-state index in [0.29, 0.717) is 24.2 Å². The molecular weight excluding hydrogens is 363 g/mol. The van der Waals surface area contributed by atoms with Gasteiger partial charge in [-0.1, -0.05) is 6.92 Å². The normalized spacial score (nSPS) is 16.9. The molecule has 1 atom stereocenters. The van der Waals surface area contributed by atoms with E-state index in [9.17, 15) is 18.0 Å². The fourth-order valence-corrected chi connectivity index (χ4v) is 3.03. The van der Waals surface area contributed by atoms with Crippen LogP contribution in [0.1, 0.15) is 42.5 Å². The van der Waals surface area contributed by atoms with E-state index in [-0.39, 0.29) is 11.6 Å². The van der Waals surface area contributed by atoms with Gasteiger partial charge >= 0.3 is 6.18 Å². The summed E-state index contributed by atoms with van der Waals surface area (Å²) >= 11 is 0. The average Bonchev–Trinajstić information content (AvgIpc) is 3.10. The van der Waals surface area contributed by atoms with Crippen LogP contribution in [0.15, 0.2) is 18.6 Å². The number of nitrogens with one attached hydrogen (secondary N) is 1. The molecule has 2 aromatic rings. The molecule has 10 heteroatoms. The van der Waals surface area contributed by atoms with Crippen molar-refractivity contribution >= 4 is 5.91 Å². The third-order valence-electron chi connectivity index (χ3n) is 4.62. The largest absolute Gasteiger partial charge is 0.410 e. The quantitative estimate of drug-likeness (QED) is 0.810. The smallest absolute Gasteiger partial charge is 0.337 e. The van der Waals surface area contributed by atoms with Crippen molar-refractivity contribution in [3.8, 4) is 5.82 Å². The van der Waals surface area contributed by atoms with Gasteiger partial charge in [0.1, 0.15) is 12.6 Å². The van der Waals surface area contributed by atoms with Crippen LogP contribution in [0.2, 0.25) is 0 Å². The van der Waals surface area contributed by atoms with Crippen molar-refractivity contribution in [1.82, 2.24) is 20.1 Å². The summed E-state index contributed by atoms with van der Waals surface area (Å²) in [5.41, 5.74) is -0.928. The van der Waals surface area contributed by atoms with Gasteiger partial charge in [-0.3, -0.25) is 9.63 Å². The van der Waals surface area contributed by atoms with E-state index >= 15 is 0 Å². The Hall–Kier alpha value is -2.65. The fraction of sp³-hybridized carbons (Fsp3) is 0.529. The fourth-order valence-electron chi connectivity index (χ4n) is 3.03. The highest BCUT2D eigenvalue weighted by Gasteiger charge is 2.49. The Labute approximate surface area is 154 Å². The van der Waals surface area contributed by atoms with E-state index in [1.807, 2.05) is 6.92 Å². The molecule has 0 aromatic carbocycles. The predicted octanol–water partition coefficient (Wildman–Crippen LogP) is 1.42. The second kappa shape index (κ2) is 6.50. The topological polar surface area (TPSA) is 72.9 Å². The van der Waals surface area contributed by atoms with Gasteiger partial charge < -0.3 is 5.32 Å². The summed E-state index contributed by atoms with van der Waals surface area (Å²) < 4.78 is 42.3. The van der Waals surface area contributed by atoms with Gasteiger partial charge in [0.15, 0.2) is 5.69 Å². The van der Waals surface area contributed by atoms with E-state index in [1.165, 1.54) is 22.7 Å². The maximum atomic E-state index is 13.1. The second-order valence-corrected chi connectivity index (χ2v) is 7.23. The molecule has 27 heavy (non-hydrogen) atoms. The summed E-state index contributed by atoms with van der Waals surface area (Å²) in [6.07, 6.45) is 1.33. The molecule has 0 spiro atoms. The highest BCUT2D eigenvalue weighted by Crippen LogP contribution is 2.33. The highest BCUT2D eigenvalue weighted by atomic mass is 19.4. The van der Waals surface area contributed by atoms with E-state index in [4.69, 9.17) is 4.84 Å². The summed E-state index contributed by atoms with van der Waals surface area (Å²) in [4.78, 5) is 21.9. The lowest BCUT2D eigenvalue weighted by molar-refractivity contribution is -0.885. The van der Waals surface area contributed by atoms with Crippen molar-refractivity contribution in [3.05, 3.63) is 35.5 Å². The van der Waals surface area contributed by atoms with Crippen LogP contribution in [-0.2, 0) is 12.8 Å². The number of amides is 1. The molecule has 1 aliphatic rings. The van der Waals surface area contributed by atoms with Crippen molar-refractivity contribution in [1.29, 1.82) is 0 Å². The van der Waals surface area contributed by atoms with Crippen LogP contribution in [0.4, 0.5) is 13.2 Å². The van der Waals surface area contributed by atoms with Crippen molar-refractivity contribution in [2.24, 2.45) is 5.92 Å². The zero-order valence-electron chi connectivity index (χ0n) is 15.5. The SMILES string of the molecule is CO[n+]1ccnc(-n2nc(C(=O)NC(C)(C)C(F)(F)F)c3c2CC(C)C3)c1. The zero-order chi connectivity index (χ0) is 20.0. The third kappa shape index (κ3) is 3.47. The number of rotatable bonds is 4. The van der Waals surface area contributed by atoms with Gasteiger partial charge in [0.25, 0.3) is 12.1 Å². The van der Waals surface area contributed by atoms with Crippen molar-refractivity contribution in [3.63, 3.8) is 0 Å². The molecule has 0 saturated carbocycles. The van der Waals surface area contributed by atoms with Crippen LogP contribution < -0.4 is 14.9 Å². The molecule has 2 aromatic heterocycles. The van der Waals surface area contributed by atoms with Crippen molar-refractivity contribution in [2.75, 3.05) is 7.11 Å². The van der Waals surface area contributed by atoms with Gasteiger partial charge in [0.05, 0.1) is 11.9 Å². The Balaban J connectivity index is 2.02.